The van der Waals surface area contributed by atoms with Crippen LogP contribution in [0.25, 0.3) is 5.69 Å². The third-order valence-corrected chi connectivity index (χ3v) is 4.98. The van der Waals surface area contributed by atoms with Gasteiger partial charge in [-0.05, 0) is 68.9 Å². The van der Waals surface area contributed by atoms with Crippen LogP contribution in [0.3, 0.4) is 0 Å². The third kappa shape index (κ3) is 6.17. The van der Waals surface area contributed by atoms with E-state index in [-0.39, 0.29) is 11.9 Å². The first kappa shape index (κ1) is 22.7. The summed E-state index contributed by atoms with van der Waals surface area (Å²) >= 11 is 0. The normalized spacial score (nSPS) is 12.3. The number of hydrogen-bond donors (Lipinski definition) is 1. The molecule has 1 atom stereocenters. The van der Waals surface area contributed by atoms with Gasteiger partial charge in [0, 0.05) is 17.3 Å². The van der Waals surface area contributed by atoms with Crippen molar-refractivity contribution < 1.29 is 14.3 Å². The lowest BCUT2D eigenvalue weighted by molar-refractivity contribution is 0.0518. The van der Waals surface area contributed by atoms with Gasteiger partial charge in [-0.2, -0.15) is 5.10 Å². The fourth-order valence-corrected chi connectivity index (χ4v) is 2.77. The lowest BCUT2D eigenvalue weighted by Gasteiger charge is -2.17. The molecule has 0 bridgehead atoms. The topological polar surface area (TPSA) is 73.2 Å². The number of amides is 1. The molecule has 0 fully saturated rings. The highest BCUT2D eigenvalue weighted by atomic mass is 16.5. The summed E-state index contributed by atoms with van der Waals surface area (Å²) in [6, 6.07) is 9.19. The Morgan fingerprint density at radius 1 is 1.10 bits per heavy atom. The lowest BCUT2D eigenvalue weighted by atomic mass is 10.1. The van der Waals surface area contributed by atoms with Crippen molar-refractivity contribution in [3.63, 3.8) is 0 Å². The molecule has 1 amide bonds. The van der Waals surface area contributed by atoms with Crippen molar-refractivity contribution in [1.29, 1.82) is 0 Å². The van der Waals surface area contributed by atoms with Crippen LogP contribution in [0.1, 0.15) is 74.5 Å². The summed E-state index contributed by atoms with van der Waals surface area (Å²) in [4.78, 5) is 24.6. The van der Waals surface area contributed by atoms with Crippen molar-refractivity contribution in [3.8, 4) is 5.69 Å². The van der Waals surface area contributed by atoms with Gasteiger partial charge >= 0.3 is 5.97 Å². The summed E-state index contributed by atoms with van der Waals surface area (Å²) in [7, 11) is 0. The van der Waals surface area contributed by atoms with E-state index in [1.807, 2.05) is 19.1 Å². The van der Waals surface area contributed by atoms with Gasteiger partial charge in [-0.25, -0.2) is 9.48 Å². The zero-order valence-electron chi connectivity index (χ0n) is 18.4. The quantitative estimate of drug-likeness (QED) is 0.634. The molecule has 158 valence electrons. The molecule has 1 aromatic carbocycles. The van der Waals surface area contributed by atoms with E-state index in [1.165, 1.54) is 0 Å². The molecule has 0 radical (unpaired) electrons. The van der Waals surface area contributed by atoms with Crippen molar-refractivity contribution >= 4 is 11.9 Å². The van der Waals surface area contributed by atoms with Crippen LogP contribution in [-0.4, -0.2) is 34.3 Å². The summed E-state index contributed by atoms with van der Waals surface area (Å²) in [5.41, 5.74) is 2.67. The number of benzene rings is 1. The molecule has 1 heterocycles. The maximum Gasteiger partial charge on any atom is 0.358 e. The van der Waals surface area contributed by atoms with Gasteiger partial charge in [0.2, 0.25) is 0 Å². The monoisotopic (exact) mass is 399 g/mol. The highest BCUT2D eigenvalue weighted by Crippen LogP contribution is 2.18. The van der Waals surface area contributed by atoms with Gasteiger partial charge in [0.1, 0.15) is 0 Å². The van der Waals surface area contributed by atoms with Gasteiger partial charge in [-0.1, -0.05) is 27.7 Å². The number of nitrogens with one attached hydrogen (secondary N) is 1. The van der Waals surface area contributed by atoms with E-state index in [0.29, 0.717) is 29.7 Å². The Hall–Kier alpha value is -2.63. The Morgan fingerprint density at radius 3 is 2.31 bits per heavy atom. The zero-order chi connectivity index (χ0) is 21.6. The maximum atomic E-state index is 12.4. The molecule has 29 heavy (non-hydrogen) atoms. The Bertz CT molecular complexity index is 822. The minimum absolute atomic E-state index is 0.0922. The minimum atomic E-state index is -0.421. The van der Waals surface area contributed by atoms with Gasteiger partial charge in [0.15, 0.2) is 5.69 Å². The fourth-order valence-electron chi connectivity index (χ4n) is 2.77. The number of nitrogens with zero attached hydrogens (tertiary/aromatic N) is 2. The number of ether oxygens (including phenoxy) is 1. The number of rotatable bonds is 9. The first-order valence-corrected chi connectivity index (χ1v) is 10.4. The SMILES string of the molecule is CCOC(=O)c1cc(CCC(C)C)n(-c2ccc(C(=O)NC(C)C(C)C)cc2)n1. The number of aryl methyl sites for hydroxylation is 1. The minimum Gasteiger partial charge on any atom is -0.461 e. The molecular weight excluding hydrogens is 366 g/mol. The van der Waals surface area contributed by atoms with Crippen LogP contribution in [-0.2, 0) is 11.2 Å². The summed E-state index contributed by atoms with van der Waals surface area (Å²) < 4.78 is 6.87. The summed E-state index contributed by atoms with van der Waals surface area (Å²) in [5.74, 6) is 0.395. The smallest absolute Gasteiger partial charge is 0.358 e. The van der Waals surface area contributed by atoms with Gasteiger partial charge in [-0.15, -0.1) is 0 Å². The number of carbonyl (C=O) groups is 2. The molecule has 0 saturated heterocycles. The number of hydrogen-bond acceptors (Lipinski definition) is 4. The first-order valence-electron chi connectivity index (χ1n) is 10.4. The predicted molar refractivity (Wildman–Crippen MR) is 114 cm³/mol. The molecule has 0 aliphatic rings. The number of aromatic nitrogens is 2. The van der Waals surface area contributed by atoms with E-state index in [9.17, 15) is 9.59 Å². The Labute approximate surface area is 173 Å². The van der Waals surface area contributed by atoms with Gasteiger partial charge in [-0.3, -0.25) is 4.79 Å². The zero-order valence-corrected chi connectivity index (χ0v) is 18.4. The van der Waals surface area contributed by atoms with Crippen molar-refractivity contribution in [3.05, 3.63) is 47.3 Å². The van der Waals surface area contributed by atoms with Crippen LogP contribution < -0.4 is 5.32 Å². The molecule has 6 nitrogen and oxygen atoms in total. The van der Waals surface area contributed by atoms with Crippen molar-refractivity contribution in [2.24, 2.45) is 11.8 Å². The molecule has 0 aliphatic carbocycles. The van der Waals surface area contributed by atoms with Crippen LogP contribution in [0.2, 0.25) is 0 Å². The molecule has 0 spiro atoms. The van der Waals surface area contributed by atoms with Gasteiger partial charge in [0.05, 0.1) is 12.3 Å². The largest absolute Gasteiger partial charge is 0.461 e. The maximum absolute atomic E-state index is 12.4. The second-order valence-electron chi connectivity index (χ2n) is 8.14. The second kappa shape index (κ2) is 10.2. The van der Waals surface area contributed by atoms with E-state index in [4.69, 9.17) is 4.74 Å². The van der Waals surface area contributed by atoms with Crippen molar-refractivity contribution in [2.45, 2.75) is 60.4 Å². The summed E-state index contributed by atoms with van der Waals surface area (Å²) in [5, 5.41) is 7.47. The predicted octanol–water partition coefficient (Wildman–Crippen LogP) is 4.41. The Kier molecular flexibility index (Phi) is 8.00. The second-order valence-corrected chi connectivity index (χ2v) is 8.14. The van der Waals surface area contributed by atoms with Crippen LogP contribution in [0.5, 0.6) is 0 Å². The molecule has 1 aromatic heterocycles. The molecule has 6 heteroatoms. The average molecular weight is 400 g/mol. The molecule has 2 aromatic rings. The molecule has 0 saturated carbocycles. The standard InChI is InChI=1S/C23H33N3O3/c1-7-29-23(28)21-14-20(11-8-15(2)3)26(25-21)19-12-9-18(10-13-19)22(27)24-17(6)16(4)5/h9-10,12-17H,7-8,11H2,1-6H3,(H,24,27). The Balaban J connectivity index is 2.27. The molecule has 1 unspecified atom stereocenters. The fraction of sp³-hybridized carbons (Fsp3) is 0.522. The summed E-state index contributed by atoms with van der Waals surface area (Å²) in [6.07, 6.45) is 1.79. The van der Waals surface area contributed by atoms with E-state index in [0.717, 1.165) is 24.2 Å². The van der Waals surface area contributed by atoms with E-state index >= 15 is 0 Å². The lowest BCUT2D eigenvalue weighted by Crippen LogP contribution is -2.36. The van der Waals surface area contributed by atoms with Crippen molar-refractivity contribution in [1.82, 2.24) is 15.1 Å². The Morgan fingerprint density at radius 2 is 1.76 bits per heavy atom. The third-order valence-electron chi connectivity index (χ3n) is 4.98. The van der Waals surface area contributed by atoms with Crippen LogP contribution in [0, 0.1) is 11.8 Å². The van der Waals surface area contributed by atoms with Crippen LogP contribution in [0.15, 0.2) is 30.3 Å². The van der Waals surface area contributed by atoms with E-state index < -0.39 is 5.97 Å². The highest BCUT2D eigenvalue weighted by molar-refractivity contribution is 5.94. The first-order chi connectivity index (χ1) is 13.7. The van der Waals surface area contributed by atoms with Crippen LogP contribution in [0.4, 0.5) is 0 Å². The molecule has 2 rings (SSSR count). The van der Waals surface area contributed by atoms with Crippen LogP contribution >= 0.6 is 0 Å². The van der Waals surface area contributed by atoms with Gasteiger partial charge in [0.25, 0.3) is 5.91 Å². The molecule has 0 aliphatic heterocycles. The van der Waals surface area contributed by atoms with E-state index in [2.05, 4.69) is 38.1 Å². The number of carbonyl (C=O) groups excluding carboxylic acids is 2. The molecule has 1 N–H and O–H groups in total. The summed E-state index contributed by atoms with van der Waals surface area (Å²) in [6.45, 7) is 12.6. The van der Waals surface area contributed by atoms with Gasteiger partial charge < -0.3 is 10.1 Å². The molecular formula is C23H33N3O3. The average Bonchev–Trinajstić information content (AvgIpc) is 3.11. The van der Waals surface area contributed by atoms with Crippen molar-refractivity contribution in [2.75, 3.05) is 6.61 Å². The van der Waals surface area contributed by atoms with E-state index in [1.54, 1.807) is 29.8 Å². The highest BCUT2D eigenvalue weighted by Gasteiger charge is 2.17. The number of esters is 1.